The van der Waals surface area contributed by atoms with Gasteiger partial charge in [-0.2, -0.15) is 0 Å². The summed E-state index contributed by atoms with van der Waals surface area (Å²) in [5.41, 5.74) is 0.964. The van der Waals surface area contributed by atoms with Gasteiger partial charge in [0.15, 0.2) is 5.17 Å². The molecule has 7 heteroatoms. The zero-order valence-corrected chi connectivity index (χ0v) is 14.6. The number of nitrogens with zero attached hydrogens (tertiary/aromatic N) is 2. The number of nitrogens with one attached hydrogen (secondary N) is 1. The van der Waals surface area contributed by atoms with E-state index in [1.54, 1.807) is 0 Å². The Bertz CT molecular complexity index is 804. The first kappa shape index (κ1) is 17.4. The van der Waals surface area contributed by atoms with E-state index in [1.807, 2.05) is 13.8 Å². The fourth-order valence-corrected chi connectivity index (χ4v) is 3.34. The number of aliphatic imine (C=N–C) groups is 1. The second-order valence-corrected chi connectivity index (χ2v) is 7.88. The Labute approximate surface area is 148 Å². The highest BCUT2D eigenvalue weighted by molar-refractivity contribution is 8.15. The number of carbonyl (C=O) groups is 1. The monoisotopic (exact) mass is 361 g/mol. The molecule has 1 N–H and O–H groups in total. The minimum atomic E-state index is -0.442. The summed E-state index contributed by atoms with van der Waals surface area (Å²) in [7, 11) is 0. The highest BCUT2D eigenvalue weighted by Gasteiger charge is 2.33. The first-order chi connectivity index (χ1) is 11.8. The summed E-state index contributed by atoms with van der Waals surface area (Å²) in [4.78, 5) is 18.7. The van der Waals surface area contributed by atoms with Crippen molar-refractivity contribution in [1.29, 1.82) is 0 Å². The summed E-state index contributed by atoms with van der Waals surface area (Å²) >= 11 is 1.48. The van der Waals surface area contributed by atoms with Crippen LogP contribution >= 0.6 is 11.8 Å². The molecule has 130 valence electrons. The minimum absolute atomic E-state index is 0.121. The molecular weight excluding hydrogens is 344 g/mol. The minimum Gasteiger partial charge on any atom is -0.307 e. The van der Waals surface area contributed by atoms with Gasteiger partial charge < -0.3 is 5.32 Å². The number of carbonyl (C=O) groups excluding carboxylic acids is 1. The Morgan fingerprint density at radius 1 is 1.08 bits per heavy atom. The van der Waals surface area contributed by atoms with Crippen LogP contribution in [0.15, 0.2) is 53.5 Å². The van der Waals surface area contributed by atoms with Crippen molar-refractivity contribution >= 4 is 34.3 Å². The van der Waals surface area contributed by atoms with Crippen molar-refractivity contribution in [1.82, 2.24) is 0 Å². The molecule has 0 saturated heterocycles. The van der Waals surface area contributed by atoms with Gasteiger partial charge in [0.05, 0.1) is 12.2 Å². The van der Waals surface area contributed by atoms with Gasteiger partial charge in [-0.3, -0.25) is 4.99 Å². The van der Waals surface area contributed by atoms with Gasteiger partial charge >= 0.3 is 6.03 Å². The lowest BCUT2D eigenvalue weighted by molar-refractivity contribution is 0.259. The molecule has 0 unspecified atom stereocenters. The van der Waals surface area contributed by atoms with Gasteiger partial charge in [0.25, 0.3) is 0 Å². The van der Waals surface area contributed by atoms with Crippen LogP contribution in [0, 0.1) is 11.6 Å². The fourth-order valence-electron chi connectivity index (χ4n) is 2.30. The molecule has 25 heavy (non-hydrogen) atoms. The van der Waals surface area contributed by atoms with Crippen molar-refractivity contribution in [2.45, 2.75) is 18.6 Å². The smallest absolute Gasteiger partial charge is 0.307 e. The first-order valence-corrected chi connectivity index (χ1v) is 8.51. The lowest BCUT2D eigenvalue weighted by atomic mass is 10.2. The summed E-state index contributed by atoms with van der Waals surface area (Å²) < 4.78 is 26.2. The van der Waals surface area contributed by atoms with E-state index in [0.29, 0.717) is 23.1 Å². The van der Waals surface area contributed by atoms with Crippen molar-refractivity contribution in [3.05, 3.63) is 60.2 Å². The van der Waals surface area contributed by atoms with E-state index in [-0.39, 0.29) is 16.4 Å². The molecule has 0 saturated carbocycles. The number of anilines is 2. The average Bonchev–Trinajstić information content (AvgIpc) is 2.91. The quantitative estimate of drug-likeness (QED) is 0.828. The average molecular weight is 361 g/mol. The number of thioether (sulfide) groups is 1. The molecule has 1 aliphatic heterocycles. The maximum Gasteiger partial charge on any atom is 0.332 e. The van der Waals surface area contributed by atoms with Crippen LogP contribution in [-0.4, -0.2) is 22.5 Å². The van der Waals surface area contributed by atoms with Crippen molar-refractivity contribution < 1.29 is 13.6 Å². The highest BCUT2D eigenvalue weighted by atomic mass is 32.2. The third-order valence-corrected chi connectivity index (χ3v) is 4.71. The van der Waals surface area contributed by atoms with Crippen LogP contribution in [0.3, 0.4) is 0 Å². The molecule has 2 aromatic carbocycles. The van der Waals surface area contributed by atoms with Crippen LogP contribution in [0.25, 0.3) is 0 Å². The summed E-state index contributed by atoms with van der Waals surface area (Å²) in [6.45, 7) is 4.65. The lowest BCUT2D eigenvalue weighted by Crippen LogP contribution is -2.38. The lowest BCUT2D eigenvalue weighted by Gasteiger charge is -2.24. The van der Waals surface area contributed by atoms with Crippen molar-refractivity contribution in [3.8, 4) is 0 Å². The zero-order chi connectivity index (χ0) is 18.0. The largest absolute Gasteiger partial charge is 0.332 e. The molecule has 2 amide bonds. The Balaban J connectivity index is 1.89. The molecule has 0 aromatic heterocycles. The molecule has 1 heterocycles. The van der Waals surface area contributed by atoms with E-state index < -0.39 is 6.03 Å². The second kappa shape index (κ2) is 6.84. The third kappa shape index (κ3) is 4.17. The molecule has 3 rings (SSSR count). The number of amidine groups is 1. The molecule has 2 aromatic rings. The molecule has 0 spiro atoms. The van der Waals surface area contributed by atoms with Crippen LogP contribution in [0.5, 0.6) is 0 Å². The van der Waals surface area contributed by atoms with E-state index in [2.05, 4.69) is 10.3 Å². The van der Waals surface area contributed by atoms with Crippen LogP contribution in [0.1, 0.15) is 13.8 Å². The Hall–Kier alpha value is -2.41. The van der Waals surface area contributed by atoms with Crippen molar-refractivity contribution in [2.75, 3.05) is 16.8 Å². The summed E-state index contributed by atoms with van der Waals surface area (Å²) in [5, 5.41) is 3.26. The number of hydrogen-bond donors (Lipinski definition) is 1. The second-order valence-electron chi connectivity index (χ2n) is 6.21. The molecule has 0 radical (unpaired) electrons. The normalized spacial score (nSPS) is 15.6. The van der Waals surface area contributed by atoms with Gasteiger partial charge in [-0.05, 0) is 62.4 Å². The van der Waals surface area contributed by atoms with Gasteiger partial charge in [-0.25, -0.2) is 18.5 Å². The Kier molecular flexibility index (Phi) is 4.76. The number of halogens is 2. The molecule has 1 aliphatic rings. The standard InChI is InChI=1S/C18H17F2N3OS/c1-18(2)11-21-17(25-18)23(15-9-5-13(20)6-10-15)16(24)22-14-7-3-12(19)4-8-14/h3-10H,11H2,1-2H3,(H,22,24). The van der Waals surface area contributed by atoms with Crippen LogP contribution in [-0.2, 0) is 0 Å². The maximum absolute atomic E-state index is 13.2. The summed E-state index contributed by atoms with van der Waals surface area (Å²) in [5.74, 6) is -0.769. The zero-order valence-electron chi connectivity index (χ0n) is 13.8. The number of rotatable bonds is 2. The number of urea groups is 1. The first-order valence-electron chi connectivity index (χ1n) is 7.70. The van der Waals surface area contributed by atoms with Crippen molar-refractivity contribution in [2.24, 2.45) is 4.99 Å². The van der Waals surface area contributed by atoms with E-state index >= 15 is 0 Å². The van der Waals surface area contributed by atoms with Gasteiger partial charge in [-0.15, -0.1) is 0 Å². The number of benzene rings is 2. The topological polar surface area (TPSA) is 44.7 Å². The van der Waals surface area contributed by atoms with Crippen LogP contribution < -0.4 is 10.2 Å². The number of hydrogen-bond acceptors (Lipinski definition) is 3. The van der Waals surface area contributed by atoms with Crippen LogP contribution in [0.4, 0.5) is 25.0 Å². The van der Waals surface area contributed by atoms with Crippen LogP contribution in [0.2, 0.25) is 0 Å². The fraction of sp³-hybridized carbons (Fsp3) is 0.222. The van der Waals surface area contributed by atoms with Gasteiger partial charge in [0.1, 0.15) is 11.6 Å². The number of amides is 2. The molecule has 4 nitrogen and oxygen atoms in total. The predicted molar refractivity (Wildman–Crippen MR) is 98.3 cm³/mol. The van der Waals surface area contributed by atoms with E-state index in [4.69, 9.17) is 0 Å². The maximum atomic E-state index is 13.2. The highest BCUT2D eigenvalue weighted by Crippen LogP contribution is 2.35. The molecule has 0 aliphatic carbocycles. The summed E-state index contributed by atoms with van der Waals surface area (Å²) in [6.07, 6.45) is 0. The molecule has 0 fully saturated rings. The molecule has 0 bridgehead atoms. The SMILES string of the molecule is CC1(C)CN=C(N(C(=O)Nc2ccc(F)cc2)c2ccc(F)cc2)S1. The Morgan fingerprint density at radius 2 is 1.64 bits per heavy atom. The predicted octanol–water partition coefficient (Wildman–Crippen LogP) is 4.88. The van der Waals surface area contributed by atoms with E-state index in [0.717, 1.165) is 0 Å². The van der Waals surface area contributed by atoms with E-state index in [1.165, 1.54) is 65.2 Å². The summed E-state index contributed by atoms with van der Waals surface area (Å²) in [6, 6.07) is 10.7. The third-order valence-electron chi connectivity index (χ3n) is 3.54. The molecular formula is C18H17F2N3OS. The van der Waals surface area contributed by atoms with Crippen molar-refractivity contribution in [3.63, 3.8) is 0 Å². The molecule has 0 atom stereocenters. The van der Waals surface area contributed by atoms with Gasteiger partial charge in [-0.1, -0.05) is 11.8 Å². The van der Waals surface area contributed by atoms with E-state index in [9.17, 15) is 13.6 Å². The van der Waals surface area contributed by atoms with Gasteiger partial charge in [0.2, 0.25) is 0 Å². The Morgan fingerprint density at radius 3 is 2.16 bits per heavy atom. The van der Waals surface area contributed by atoms with Gasteiger partial charge in [0, 0.05) is 10.4 Å².